The highest BCUT2D eigenvalue weighted by molar-refractivity contribution is 6.08. The van der Waals surface area contributed by atoms with Crippen LogP contribution < -0.4 is 16.1 Å². The molecule has 0 unspecified atom stereocenters. The van der Waals surface area contributed by atoms with Crippen molar-refractivity contribution in [3.8, 4) is 0 Å². The first kappa shape index (κ1) is 19.4. The summed E-state index contributed by atoms with van der Waals surface area (Å²) in [7, 11) is 0. The highest BCUT2D eigenvalue weighted by Crippen LogP contribution is 2.33. The monoisotopic (exact) mass is 394 g/mol. The van der Waals surface area contributed by atoms with Gasteiger partial charge in [0, 0.05) is 6.04 Å². The van der Waals surface area contributed by atoms with E-state index in [1.165, 1.54) is 0 Å². The van der Waals surface area contributed by atoms with Crippen LogP contribution >= 0.6 is 0 Å². The van der Waals surface area contributed by atoms with Crippen molar-refractivity contribution < 1.29 is 14.4 Å². The largest absolute Gasteiger partial charge is 0.344 e. The smallest absolute Gasteiger partial charge is 0.322 e. The topological polar surface area (TPSA) is 90.5 Å². The Morgan fingerprint density at radius 2 is 1.83 bits per heavy atom. The van der Waals surface area contributed by atoms with Crippen LogP contribution in [0.25, 0.3) is 10.8 Å². The predicted molar refractivity (Wildman–Crippen MR) is 110 cm³/mol. The third kappa shape index (κ3) is 3.70. The Morgan fingerprint density at radius 3 is 2.62 bits per heavy atom. The molecular weight excluding hydrogens is 368 g/mol. The number of imide groups is 1. The Balaban J connectivity index is 1.37. The molecule has 1 spiro atoms. The van der Waals surface area contributed by atoms with Gasteiger partial charge in [-0.1, -0.05) is 61.7 Å². The van der Waals surface area contributed by atoms with Gasteiger partial charge in [0.05, 0.1) is 6.54 Å². The first-order valence-electron chi connectivity index (χ1n) is 10.2. The summed E-state index contributed by atoms with van der Waals surface area (Å²) in [5.41, 5.74) is 2.71. The number of hydrazine groups is 1. The number of carbonyl (C=O) groups excluding carboxylic acids is 3. The number of carbonyl (C=O) groups is 3. The van der Waals surface area contributed by atoms with Crippen molar-refractivity contribution in [3.05, 3.63) is 48.0 Å². The average molecular weight is 394 g/mol. The van der Waals surface area contributed by atoms with E-state index >= 15 is 0 Å². The fraction of sp³-hybridized carbons (Fsp3) is 0.409. The molecule has 4 rings (SSSR count). The number of nitrogens with zero attached hydrogens (tertiary/aromatic N) is 1. The first-order valence-corrected chi connectivity index (χ1v) is 10.2. The van der Waals surface area contributed by atoms with Gasteiger partial charge in [-0.15, -0.1) is 0 Å². The minimum Gasteiger partial charge on any atom is -0.322 e. The highest BCUT2D eigenvalue weighted by atomic mass is 16.2. The number of benzene rings is 2. The number of urea groups is 1. The molecule has 4 amide bonds. The molecule has 1 saturated heterocycles. The van der Waals surface area contributed by atoms with Gasteiger partial charge in [-0.25, -0.2) is 4.79 Å². The molecule has 7 heteroatoms. The third-order valence-electron chi connectivity index (χ3n) is 5.96. The van der Waals surface area contributed by atoms with Crippen LogP contribution in [0.1, 0.15) is 50.6 Å². The molecule has 0 bridgehead atoms. The minimum atomic E-state index is -0.841. The van der Waals surface area contributed by atoms with Crippen LogP contribution in [-0.4, -0.2) is 34.9 Å². The Bertz CT molecular complexity index is 947. The number of hydrogen-bond acceptors (Lipinski definition) is 4. The minimum absolute atomic E-state index is 0.00551. The lowest BCUT2D eigenvalue weighted by Gasteiger charge is -2.30. The van der Waals surface area contributed by atoms with E-state index in [0.29, 0.717) is 12.8 Å². The fourth-order valence-corrected chi connectivity index (χ4v) is 4.36. The molecule has 1 saturated carbocycles. The normalized spacial score (nSPS) is 19.4. The van der Waals surface area contributed by atoms with Gasteiger partial charge in [0.2, 0.25) is 0 Å². The molecule has 0 aromatic heterocycles. The van der Waals surface area contributed by atoms with Gasteiger partial charge >= 0.3 is 6.03 Å². The fourth-order valence-electron chi connectivity index (χ4n) is 4.36. The van der Waals surface area contributed by atoms with Crippen LogP contribution in [0.5, 0.6) is 0 Å². The van der Waals surface area contributed by atoms with Crippen LogP contribution in [-0.2, 0) is 9.59 Å². The zero-order chi connectivity index (χ0) is 20.4. The number of fused-ring (bicyclic) bond motifs is 1. The van der Waals surface area contributed by atoms with E-state index in [1.54, 1.807) is 0 Å². The summed E-state index contributed by atoms with van der Waals surface area (Å²) >= 11 is 0. The Labute approximate surface area is 169 Å². The zero-order valence-corrected chi connectivity index (χ0v) is 16.5. The summed E-state index contributed by atoms with van der Waals surface area (Å²) in [6, 6.07) is 13.5. The molecule has 2 aliphatic rings. The summed E-state index contributed by atoms with van der Waals surface area (Å²) in [6.07, 6.45) is 4.11. The summed E-state index contributed by atoms with van der Waals surface area (Å²) in [6.45, 7) is 1.98. The SMILES string of the molecule is C[C@H](NCC(=O)NN1C(=O)NC2(CCCCC2)C1=O)c1cccc2ccccc12. The Morgan fingerprint density at radius 1 is 1.10 bits per heavy atom. The molecule has 152 valence electrons. The van der Waals surface area contributed by atoms with E-state index in [4.69, 9.17) is 0 Å². The second kappa shape index (κ2) is 7.83. The van der Waals surface area contributed by atoms with Crippen molar-refractivity contribution in [2.45, 2.75) is 50.6 Å². The van der Waals surface area contributed by atoms with Crippen molar-refractivity contribution in [3.63, 3.8) is 0 Å². The second-order valence-corrected chi connectivity index (χ2v) is 7.92. The second-order valence-electron chi connectivity index (χ2n) is 7.92. The maximum absolute atomic E-state index is 12.7. The maximum atomic E-state index is 12.7. The van der Waals surface area contributed by atoms with Gasteiger partial charge in [0.15, 0.2) is 0 Å². The van der Waals surface area contributed by atoms with E-state index in [-0.39, 0.29) is 18.5 Å². The summed E-state index contributed by atoms with van der Waals surface area (Å²) < 4.78 is 0. The molecule has 2 aromatic carbocycles. The van der Waals surface area contributed by atoms with Crippen LogP contribution in [0.4, 0.5) is 4.79 Å². The molecular formula is C22H26N4O3. The van der Waals surface area contributed by atoms with Crippen molar-refractivity contribution in [2.24, 2.45) is 0 Å². The standard InChI is InChI=1S/C22H26N4O3/c1-15(17-11-7-9-16-8-3-4-10-18(16)17)23-14-19(27)25-26-20(28)22(24-21(26)29)12-5-2-6-13-22/h3-4,7-11,15,23H,2,5-6,12-14H2,1H3,(H,24,29)(H,25,27)/t15-/m0/s1. The lowest BCUT2D eigenvalue weighted by Crippen LogP contribution is -2.52. The van der Waals surface area contributed by atoms with Crippen molar-refractivity contribution in [1.82, 2.24) is 21.1 Å². The zero-order valence-electron chi connectivity index (χ0n) is 16.5. The Hall–Kier alpha value is -2.93. The number of nitrogens with one attached hydrogen (secondary N) is 3. The molecule has 29 heavy (non-hydrogen) atoms. The van der Waals surface area contributed by atoms with Crippen LogP contribution in [0.3, 0.4) is 0 Å². The van der Waals surface area contributed by atoms with Gasteiger partial charge in [-0.2, -0.15) is 5.01 Å². The molecule has 2 fully saturated rings. The Kier molecular flexibility index (Phi) is 5.24. The maximum Gasteiger partial charge on any atom is 0.344 e. The van der Waals surface area contributed by atoms with E-state index in [2.05, 4.69) is 34.3 Å². The first-order chi connectivity index (χ1) is 14.0. The van der Waals surface area contributed by atoms with E-state index in [9.17, 15) is 14.4 Å². The molecule has 3 N–H and O–H groups in total. The average Bonchev–Trinajstić information content (AvgIpc) is 2.96. The molecule has 7 nitrogen and oxygen atoms in total. The van der Waals surface area contributed by atoms with Gasteiger partial charge < -0.3 is 10.6 Å². The highest BCUT2D eigenvalue weighted by Gasteiger charge is 2.52. The van der Waals surface area contributed by atoms with Gasteiger partial charge in [-0.05, 0) is 36.1 Å². The summed E-state index contributed by atoms with van der Waals surface area (Å²) in [4.78, 5) is 37.4. The summed E-state index contributed by atoms with van der Waals surface area (Å²) in [5.74, 6) is -0.772. The molecule has 2 aromatic rings. The molecule has 1 atom stereocenters. The predicted octanol–water partition coefficient (Wildman–Crippen LogP) is 2.78. The number of rotatable bonds is 5. The van der Waals surface area contributed by atoms with Gasteiger partial charge in [0.1, 0.15) is 5.54 Å². The van der Waals surface area contributed by atoms with E-state index in [1.807, 2.05) is 31.2 Å². The van der Waals surface area contributed by atoms with Crippen LogP contribution in [0, 0.1) is 0 Å². The lowest BCUT2D eigenvalue weighted by molar-refractivity contribution is -0.139. The molecule has 1 aliphatic carbocycles. The van der Waals surface area contributed by atoms with Crippen LogP contribution in [0.2, 0.25) is 0 Å². The number of amides is 4. The number of hydrogen-bond donors (Lipinski definition) is 3. The van der Waals surface area contributed by atoms with Crippen molar-refractivity contribution in [1.29, 1.82) is 0 Å². The van der Waals surface area contributed by atoms with Crippen molar-refractivity contribution in [2.75, 3.05) is 6.54 Å². The summed E-state index contributed by atoms with van der Waals surface area (Å²) in [5, 5.41) is 9.08. The molecule has 1 heterocycles. The van der Waals surface area contributed by atoms with Gasteiger partial charge in [-0.3, -0.25) is 15.0 Å². The van der Waals surface area contributed by atoms with E-state index in [0.717, 1.165) is 40.6 Å². The quantitative estimate of drug-likeness (QED) is 0.680. The third-order valence-corrected chi connectivity index (χ3v) is 5.96. The van der Waals surface area contributed by atoms with Gasteiger partial charge in [0.25, 0.3) is 11.8 Å². The molecule has 0 radical (unpaired) electrons. The molecule has 1 aliphatic heterocycles. The van der Waals surface area contributed by atoms with Crippen molar-refractivity contribution >= 4 is 28.6 Å². The lowest BCUT2D eigenvalue weighted by atomic mass is 9.82. The van der Waals surface area contributed by atoms with Crippen LogP contribution in [0.15, 0.2) is 42.5 Å². The van der Waals surface area contributed by atoms with E-state index < -0.39 is 17.5 Å².